The van der Waals surface area contributed by atoms with Gasteiger partial charge < -0.3 is 4.55 Å². The predicted molar refractivity (Wildman–Crippen MR) is 77.9 cm³/mol. The summed E-state index contributed by atoms with van der Waals surface area (Å²) in [6.07, 6.45) is -2.68. The first-order valence-corrected chi connectivity index (χ1v) is 8.28. The molecule has 2 aromatic rings. The molecule has 0 spiro atoms. The van der Waals surface area contributed by atoms with Gasteiger partial charge in [-0.2, -0.15) is 13.2 Å². The first-order valence-electron chi connectivity index (χ1n) is 6.87. The molecule has 0 N–H and O–H groups in total. The molecule has 0 heterocycles. The van der Waals surface area contributed by atoms with Gasteiger partial charge >= 0.3 is 6.18 Å². The summed E-state index contributed by atoms with van der Waals surface area (Å²) in [6, 6.07) is 10.7. The predicted octanol–water partition coefficient (Wildman–Crippen LogP) is 3.78. The summed E-state index contributed by atoms with van der Waals surface area (Å²) >= 11 is 0. The molecule has 23 heavy (non-hydrogen) atoms. The lowest BCUT2D eigenvalue weighted by Crippen LogP contribution is -2.05. The molecule has 0 radical (unpaired) electrons. The lowest BCUT2D eigenvalue weighted by molar-refractivity contribution is -0.137. The lowest BCUT2D eigenvalue weighted by atomic mass is 10.0. The molecule has 0 amide bonds. The van der Waals surface area contributed by atoms with Crippen molar-refractivity contribution in [2.24, 2.45) is 0 Å². The Morgan fingerprint density at radius 2 is 1.52 bits per heavy atom. The Hall–Kier alpha value is -1.86. The van der Waals surface area contributed by atoms with Crippen LogP contribution in [0.4, 0.5) is 13.2 Å². The number of aryl methyl sites for hydroxylation is 2. The molecule has 7 heteroatoms. The van der Waals surface area contributed by atoms with Crippen LogP contribution in [-0.4, -0.2) is 13.0 Å². The Labute approximate surface area is 132 Å². The van der Waals surface area contributed by atoms with E-state index in [0.29, 0.717) is 24.8 Å². The molecule has 2 rings (SSSR count). The number of rotatable bonds is 5. The second kappa shape index (κ2) is 6.72. The van der Waals surface area contributed by atoms with Crippen molar-refractivity contribution in [3.05, 3.63) is 65.2 Å². The summed E-state index contributed by atoms with van der Waals surface area (Å²) in [4.78, 5) is -0.292. The highest BCUT2D eigenvalue weighted by Gasteiger charge is 2.30. The van der Waals surface area contributed by atoms with E-state index in [1.807, 2.05) is 0 Å². The lowest BCUT2D eigenvalue weighted by Gasteiger charge is -2.09. The highest BCUT2D eigenvalue weighted by molar-refractivity contribution is 7.85. The van der Waals surface area contributed by atoms with Crippen molar-refractivity contribution in [1.82, 2.24) is 0 Å². The van der Waals surface area contributed by atoms with Crippen molar-refractivity contribution in [2.75, 3.05) is 0 Å². The van der Waals surface area contributed by atoms with Gasteiger partial charge in [-0.3, -0.25) is 0 Å². The van der Waals surface area contributed by atoms with Crippen LogP contribution < -0.4 is 0 Å². The van der Waals surface area contributed by atoms with E-state index >= 15 is 0 Å². The van der Waals surface area contributed by atoms with Gasteiger partial charge in [0, 0.05) is 0 Å². The molecular weight excluding hydrogens is 329 g/mol. The second-order valence-electron chi connectivity index (χ2n) is 5.15. The molecule has 0 aliphatic rings. The van der Waals surface area contributed by atoms with Gasteiger partial charge in [-0.15, -0.1) is 0 Å². The molecule has 0 aliphatic heterocycles. The molecule has 124 valence electrons. The van der Waals surface area contributed by atoms with Crippen molar-refractivity contribution in [3.63, 3.8) is 0 Å². The molecular formula is C16H14F3O3S-. The average molecular weight is 343 g/mol. The number of alkyl halides is 3. The van der Waals surface area contributed by atoms with E-state index < -0.39 is 21.9 Å². The van der Waals surface area contributed by atoms with Crippen LogP contribution in [0, 0.1) is 0 Å². The molecule has 0 fully saturated rings. The average Bonchev–Trinajstić information content (AvgIpc) is 2.46. The standard InChI is InChI=1S/C16H15F3O3S/c17-16(18,19)14-6-2-5-13(11-14)4-1-3-12-7-9-15(10-8-12)23(20,21)22/h2,5-11H,1,3-4H2,(H,20,21,22)/p-1. The summed E-state index contributed by atoms with van der Waals surface area (Å²) in [7, 11) is -4.46. The fourth-order valence-electron chi connectivity index (χ4n) is 2.22. The third-order valence-corrected chi connectivity index (χ3v) is 4.25. The van der Waals surface area contributed by atoms with Gasteiger partial charge in [0.05, 0.1) is 10.5 Å². The maximum atomic E-state index is 12.6. The minimum atomic E-state index is -4.46. The number of halogens is 3. The zero-order valence-electron chi connectivity index (χ0n) is 12.0. The van der Waals surface area contributed by atoms with E-state index in [0.717, 1.165) is 17.7 Å². The van der Waals surface area contributed by atoms with Gasteiger partial charge in [0.1, 0.15) is 10.1 Å². The fourth-order valence-corrected chi connectivity index (χ4v) is 2.69. The Morgan fingerprint density at radius 3 is 2.09 bits per heavy atom. The van der Waals surface area contributed by atoms with Crippen LogP contribution in [0.25, 0.3) is 0 Å². The monoisotopic (exact) mass is 343 g/mol. The number of hydrogen-bond acceptors (Lipinski definition) is 3. The molecule has 0 unspecified atom stereocenters. The highest BCUT2D eigenvalue weighted by atomic mass is 32.2. The summed E-state index contributed by atoms with van der Waals surface area (Å²) in [6.45, 7) is 0. The Morgan fingerprint density at radius 1 is 0.913 bits per heavy atom. The Bertz CT molecular complexity index is 766. The third kappa shape index (κ3) is 5.07. The van der Waals surface area contributed by atoms with Crippen LogP contribution in [-0.2, 0) is 29.1 Å². The molecule has 3 nitrogen and oxygen atoms in total. The minimum Gasteiger partial charge on any atom is -0.744 e. The summed E-state index contributed by atoms with van der Waals surface area (Å²) < 4.78 is 70.3. The molecule has 2 aromatic carbocycles. The third-order valence-electron chi connectivity index (χ3n) is 3.40. The number of hydrogen-bond donors (Lipinski definition) is 0. The summed E-state index contributed by atoms with van der Waals surface area (Å²) in [5, 5.41) is 0. The zero-order valence-corrected chi connectivity index (χ0v) is 12.8. The van der Waals surface area contributed by atoms with Crippen molar-refractivity contribution >= 4 is 10.1 Å². The maximum absolute atomic E-state index is 12.6. The van der Waals surface area contributed by atoms with Gasteiger partial charge in [0.2, 0.25) is 0 Å². The smallest absolute Gasteiger partial charge is 0.416 e. The van der Waals surface area contributed by atoms with E-state index in [2.05, 4.69) is 0 Å². The summed E-state index contributed by atoms with van der Waals surface area (Å²) in [5.74, 6) is 0. The van der Waals surface area contributed by atoms with Crippen molar-refractivity contribution in [3.8, 4) is 0 Å². The number of benzene rings is 2. The minimum absolute atomic E-state index is 0.292. The van der Waals surface area contributed by atoms with E-state index in [1.165, 1.54) is 30.3 Å². The fraction of sp³-hybridized carbons (Fsp3) is 0.250. The topological polar surface area (TPSA) is 57.2 Å². The normalized spacial score (nSPS) is 12.3. The second-order valence-corrected chi connectivity index (χ2v) is 6.53. The van der Waals surface area contributed by atoms with Crippen LogP contribution in [0.1, 0.15) is 23.1 Å². The van der Waals surface area contributed by atoms with Crippen molar-refractivity contribution < 1.29 is 26.1 Å². The van der Waals surface area contributed by atoms with E-state index in [-0.39, 0.29) is 4.90 Å². The highest BCUT2D eigenvalue weighted by Crippen LogP contribution is 2.29. The SMILES string of the molecule is O=S(=O)([O-])c1ccc(CCCc2cccc(C(F)(F)F)c2)cc1. The van der Waals surface area contributed by atoms with Gasteiger partial charge in [-0.1, -0.05) is 30.3 Å². The Kier molecular flexibility index (Phi) is 5.11. The molecule has 0 aromatic heterocycles. The largest absolute Gasteiger partial charge is 0.744 e. The van der Waals surface area contributed by atoms with Gasteiger partial charge in [-0.25, -0.2) is 8.42 Å². The van der Waals surface area contributed by atoms with Crippen LogP contribution in [0.2, 0.25) is 0 Å². The quantitative estimate of drug-likeness (QED) is 0.776. The first-order chi connectivity index (χ1) is 10.7. The molecule has 0 saturated carbocycles. The van der Waals surface area contributed by atoms with Gasteiger partial charge in [-0.05, 0) is 48.6 Å². The van der Waals surface area contributed by atoms with Gasteiger partial charge in [0.15, 0.2) is 0 Å². The van der Waals surface area contributed by atoms with E-state index in [9.17, 15) is 26.1 Å². The van der Waals surface area contributed by atoms with E-state index in [1.54, 1.807) is 6.07 Å². The maximum Gasteiger partial charge on any atom is 0.416 e. The first kappa shape index (κ1) is 17.5. The van der Waals surface area contributed by atoms with Crippen molar-refractivity contribution in [1.29, 1.82) is 0 Å². The van der Waals surface area contributed by atoms with Crippen molar-refractivity contribution in [2.45, 2.75) is 30.3 Å². The van der Waals surface area contributed by atoms with Crippen LogP contribution in [0.3, 0.4) is 0 Å². The molecule has 0 aliphatic carbocycles. The van der Waals surface area contributed by atoms with Crippen LogP contribution >= 0.6 is 0 Å². The van der Waals surface area contributed by atoms with Gasteiger partial charge in [0.25, 0.3) is 0 Å². The van der Waals surface area contributed by atoms with Crippen LogP contribution in [0.5, 0.6) is 0 Å². The summed E-state index contributed by atoms with van der Waals surface area (Å²) in [5.41, 5.74) is 0.753. The Balaban J connectivity index is 1.95. The molecule has 0 atom stereocenters. The van der Waals surface area contributed by atoms with E-state index in [4.69, 9.17) is 0 Å². The zero-order chi connectivity index (χ0) is 17.1. The molecule has 0 bridgehead atoms. The van der Waals surface area contributed by atoms with Crippen LogP contribution in [0.15, 0.2) is 53.4 Å². The molecule has 0 saturated heterocycles.